The number of nitrogen functional groups attached to an aromatic ring is 1. The lowest BCUT2D eigenvalue weighted by Gasteiger charge is -2.18. The van der Waals surface area contributed by atoms with Gasteiger partial charge in [0.2, 0.25) is 0 Å². The van der Waals surface area contributed by atoms with Gasteiger partial charge in [-0.05, 0) is 48.9 Å². The first kappa shape index (κ1) is 12.5. The van der Waals surface area contributed by atoms with Crippen molar-refractivity contribution in [3.8, 4) is 11.5 Å². The highest BCUT2D eigenvalue weighted by molar-refractivity contribution is 6.09. The highest BCUT2D eigenvalue weighted by atomic mass is 16.6. The Morgan fingerprint density at radius 3 is 2.40 bits per heavy atom. The van der Waals surface area contributed by atoms with Crippen LogP contribution in [0.25, 0.3) is 0 Å². The number of fused-ring (bicyclic) bond motifs is 1. The van der Waals surface area contributed by atoms with Crippen LogP contribution < -0.4 is 15.2 Å². The van der Waals surface area contributed by atoms with E-state index in [0.29, 0.717) is 41.5 Å². The molecule has 0 spiro atoms. The van der Waals surface area contributed by atoms with Gasteiger partial charge in [-0.2, -0.15) is 0 Å². The molecule has 1 aliphatic heterocycles. The molecular weight excluding hydrogens is 254 g/mol. The van der Waals surface area contributed by atoms with E-state index >= 15 is 0 Å². The maximum Gasteiger partial charge on any atom is 0.193 e. The predicted octanol–water partition coefficient (Wildman–Crippen LogP) is 2.58. The zero-order valence-electron chi connectivity index (χ0n) is 11.2. The summed E-state index contributed by atoms with van der Waals surface area (Å²) in [6.45, 7) is 2.93. The minimum absolute atomic E-state index is 0.0509. The number of benzene rings is 2. The summed E-state index contributed by atoms with van der Waals surface area (Å²) in [5, 5.41) is 0. The van der Waals surface area contributed by atoms with Crippen molar-refractivity contribution in [1.29, 1.82) is 0 Å². The van der Waals surface area contributed by atoms with Gasteiger partial charge in [0.05, 0.1) is 0 Å². The van der Waals surface area contributed by atoms with Gasteiger partial charge in [-0.3, -0.25) is 4.79 Å². The monoisotopic (exact) mass is 269 g/mol. The molecule has 0 atom stereocenters. The molecule has 1 heterocycles. The van der Waals surface area contributed by atoms with Crippen molar-refractivity contribution in [3.63, 3.8) is 0 Å². The molecule has 0 unspecified atom stereocenters. The molecule has 102 valence electrons. The summed E-state index contributed by atoms with van der Waals surface area (Å²) >= 11 is 0. The number of carbonyl (C=O) groups excluding carboxylic acids is 1. The second kappa shape index (κ2) is 4.89. The molecule has 0 bridgehead atoms. The fourth-order valence-corrected chi connectivity index (χ4v) is 2.17. The van der Waals surface area contributed by atoms with E-state index in [1.807, 2.05) is 6.92 Å². The van der Waals surface area contributed by atoms with Crippen LogP contribution in [0.3, 0.4) is 0 Å². The predicted molar refractivity (Wildman–Crippen MR) is 76.5 cm³/mol. The SMILES string of the molecule is Cc1cc(C(=O)c2ccc3c(c2)OCCO3)ccc1N. The number of carbonyl (C=O) groups is 1. The van der Waals surface area contributed by atoms with Crippen LogP contribution >= 0.6 is 0 Å². The number of hydrogen-bond donors (Lipinski definition) is 1. The van der Waals surface area contributed by atoms with E-state index in [4.69, 9.17) is 15.2 Å². The van der Waals surface area contributed by atoms with Crippen LogP contribution in [0.1, 0.15) is 21.5 Å². The Balaban J connectivity index is 1.95. The number of ketones is 1. The molecule has 4 heteroatoms. The second-order valence-electron chi connectivity index (χ2n) is 4.76. The Bertz CT molecular complexity index is 679. The van der Waals surface area contributed by atoms with Crippen LogP contribution in [-0.4, -0.2) is 19.0 Å². The fraction of sp³-hybridized carbons (Fsp3) is 0.188. The average molecular weight is 269 g/mol. The van der Waals surface area contributed by atoms with Crippen molar-refractivity contribution < 1.29 is 14.3 Å². The summed E-state index contributed by atoms with van der Waals surface area (Å²) < 4.78 is 10.9. The van der Waals surface area contributed by atoms with Crippen LogP contribution in [-0.2, 0) is 0 Å². The van der Waals surface area contributed by atoms with E-state index in [1.165, 1.54) is 0 Å². The van der Waals surface area contributed by atoms with Crippen LogP contribution in [0.15, 0.2) is 36.4 Å². The van der Waals surface area contributed by atoms with Gasteiger partial charge in [0, 0.05) is 16.8 Å². The molecule has 2 aromatic carbocycles. The van der Waals surface area contributed by atoms with Gasteiger partial charge in [0.25, 0.3) is 0 Å². The molecule has 2 aromatic rings. The van der Waals surface area contributed by atoms with Gasteiger partial charge < -0.3 is 15.2 Å². The molecule has 0 saturated heterocycles. The lowest BCUT2D eigenvalue weighted by Crippen LogP contribution is -2.16. The smallest absolute Gasteiger partial charge is 0.193 e. The summed E-state index contributed by atoms with van der Waals surface area (Å²) in [6.07, 6.45) is 0. The maximum atomic E-state index is 12.5. The molecule has 3 rings (SSSR count). The van der Waals surface area contributed by atoms with E-state index in [0.717, 1.165) is 5.56 Å². The van der Waals surface area contributed by atoms with Gasteiger partial charge in [-0.15, -0.1) is 0 Å². The van der Waals surface area contributed by atoms with E-state index < -0.39 is 0 Å². The molecule has 0 fully saturated rings. The van der Waals surface area contributed by atoms with Crippen molar-refractivity contribution in [3.05, 3.63) is 53.1 Å². The van der Waals surface area contributed by atoms with Crippen LogP contribution in [0.4, 0.5) is 5.69 Å². The third-order valence-corrected chi connectivity index (χ3v) is 3.34. The normalized spacial score (nSPS) is 13.1. The number of rotatable bonds is 2. The Kier molecular flexibility index (Phi) is 3.06. The lowest BCUT2D eigenvalue weighted by molar-refractivity contribution is 0.103. The Hall–Kier alpha value is -2.49. The highest BCUT2D eigenvalue weighted by Crippen LogP contribution is 2.31. The second-order valence-corrected chi connectivity index (χ2v) is 4.76. The van der Waals surface area contributed by atoms with Crippen LogP contribution in [0.5, 0.6) is 11.5 Å². The van der Waals surface area contributed by atoms with Crippen molar-refractivity contribution in [1.82, 2.24) is 0 Å². The lowest BCUT2D eigenvalue weighted by atomic mass is 10.0. The van der Waals surface area contributed by atoms with Crippen molar-refractivity contribution in [2.45, 2.75) is 6.92 Å². The first-order valence-electron chi connectivity index (χ1n) is 6.45. The summed E-state index contributed by atoms with van der Waals surface area (Å²) in [7, 11) is 0. The zero-order chi connectivity index (χ0) is 14.1. The number of aryl methyl sites for hydroxylation is 1. The van der Waals surface area contributed by atoms with Crippen molar-refractivity contribution >= 4 is 11.5 Å². The van der Waals surface area contributed by atoms with E-state index in [1.54, 1.807) is 36.4 Å². The van der Waals surface area contributed by atoms with Crippen LogP contribution in [0, 0.1) is 6.92 Å². The topological polar surface area (TPSA) is 61.5 Å². The third kappa shape index (κ3) is 2.20. The Morgan fingerprint density at radius 1 is 1.00 bits per heavy atom. The van der Waals surface area contributed by atoms with E-state index in [-0.39, 0.29) is 5.78 Å². The van der Waals surface area contributed by atoms with E-state index in [9.17, 15) is 4.79 Å². The quantitative estimate of drug-likeness (QED) is 0.672. The molecule has 0 saturated carbocycles. The van der Waals surface area contributed by atoms with Gasteiger partial charge in [-0.25, -0.2) is 0 Å². The molecular formula is C16H15NO3. The maximum absolute atomic E-state index is 12.5. The van der Waals surface area contributed by atoms with Crippen molar-refractivity contribution in [2.24, 2.45) is 0 Å². The number of hydrogen-bond acceptors (Lipinski definition) is 4. The average Bonchev–Trinajstić information content (AvgIpc) is 2.49. The largest absolute Gasteiger partial charge is 0.486 e. The summed E-state index contributed by atoms with van der Waals surface area (Å²) in [4.78, 5) is 12.5. The third-order valence-electron chi connectivity index (χ3n) is 3.34. The summed E-state index contributed by atoms with van der Waals surface area (Å²) in [6, 6.07) is 10.5. The molecule has 2 N–H and O–H groups in total. The van der Waals surface area contributed by atoms with Gasteiger partial charge >= 0.3 is 0 Å². The van der Waals surface area contributed by atoms with Gasteiger partial charge in [0.1, 0.15) is 13.2 Å². The van der Waals surface area contributed by atoms with Crippen LogP contribution in [0.2, 0.25) is 0 Å². The van der Waals surface area contributed by atoms with E-state index in [2.05, 4.69) is 0 Å². The molecule has 0 aliphatic carbocycles. The standard InChI is InChI=1S/C16H15NO3/c1-10-8-11(2-4-13(10)17)16(18)12-3-5-14-15(9-12)20-7-6-19-14/h2-5,8-9H,6-7,17H2,1H3. The molecule has 0 radical (unpaired) electrons. The zero-order valence-corrected chi connectivity index (χ0v) is 11.2. The number of ether oxygens (including phenoxy) is 2. The minimum Gasteiger partial charge on any atom is -0.486 e. The molecule has 20 heavy (non-hydrogen) atoms. The first-order chi connectivity index (χ1) is 9.65. The van der Waals surface area contributed by atoms with Gasteiger partial charge in [0.15, 0.2) is 17.3 Å². The Morgan fingerprint density at radius 2 is 1.65 bits per heavy atom. The first-order valence-corrected chi connectivity index (χ1v) is 6.45. The van der Waals surface area contributed by atoms with Crippen molar-refractivity contribution in [2.75, 3.05) is 18.9 Å². The minimum atomic E-state index is -0.0509. The number of nitrogens with two attached hydrogens (primary N) is 1. The molecule has 4 nitrogen and oxygen atoms in total. The summed E-state index contributed by atoms with van der Waals surface area (Å²) in [5.74, 6) is 1.25. The molecule has 1 aliphatic rings. The van der Waals surface area contributed by atoms with Gasteiger partial charge in [-0.1, -0.05) is 0 Å². The highest BCUT2D eigenvalue weighted by Gasteiger charge is 2.16. The molecule has 0 amide bonds. The Labute approximate surface area is 117 Å². The summed E-state index contributed by atoms with van der Waals surface area (Å²) in [5.41, 5.74) is 8.55. The fourth-order valence-electron chi connectivity index (χ4n) is 2.17. The number of anilines is 1. The molecule has 0 aromatic heterocycles.